The fourth-order valence-corrected chi connectivity index (χ4v) is 4.36. The number of benzene rings is 2. The van der Waals surface area contributed by atoms with E-state index in [1.54, 1.807) is 0 Å². The molecule has 7 heteroatoms. The molecular weight excluding hydrogens is 356 g/mol. The van der Waals surface area contributed by atoms with Gasteiger partial charge in [0.1, 0.15) is 0 Å². The molecule has 0 bridgehead atoms. The monoisotopic (exact) mass is 374 g/mol. The lowest BCUT2D eigenvalue weighted by Crippen LogP contribution is -2.14. The summed E-state index contributed by atoms with van der Waals surface area (Å²) >= 11 is 1.47. The third-order valence-corrected chi connectivity index (χ3v) is 5.99. The molecule has 1 amide bonds. The predicted molar refractivity (Wildman–Crippen MR) is 102 cm³/mol. The zero-order valence-corrected chi connectivity index (χ0v) is 15.3. The summed E-state index contributed by atoms with van der Waals surface area (Å²) in [5.74, 6) is -0.187. The maximum atomic E-state index is 12.7. The van der Waals surface area contributed by atoms with Crippen LogP contribution in [0.5, 0.6) is 0 Å². The van der Waals surface area contributed by atoms with Crippen LogP contribution in [0.3, 0.4) is 0 Å². The van der Waals surface area contributed by atoms with E-state index in [0.717, 1.165) is 28.5 Å². The van der Waals surface area contributed by atoms with Crippen LogP contribution in [-0.2, 0) is 16.4 Å². The zero-order valence-electron chi connectivity index (χ0n) is 13.7. The molecule has 5 nitrogen and oxygen atoms in total. The van der Waals surface area contributed by atoms with Crippen LogP contribution in [0.4, 0.5) is 5.69 Å². The van der Waals surface area contributed by atoms with Gasteiger partial charge in [0, 0.05) is 10.4 Å². The molecule has 3 aromatic rings. The first-order chi connectivity index (χ1) is 11.9. The molecule has 1 aromatic heterocycles. The second-order valence-electron chi connectivity index (χ2n) is 5.68. The molecule has 0 aliphatic carbocycles. The Kier molecular flexibility index (Phi) is 4.89. The highest BCUT2D eigenvalue weighted by Crippen LogP contribution is 2.32. The van der Waals surface area contributed by atoms with Crippen molar-refractivity contribution in [3.8, 4) is 0 Å². The van der Waals surface area contributed by atoms with Gasteiger partial charge in [0.25, 0.3) is 5.91 Å². The van der Waals surface area contributed by atoms with Gasteiger partial charge in [0.15, 0.2) is 0 Å². The Labute approximate surface area is 150 Å². The lowest BCUT2D eigenvalue weighted by atomic mass is 10.1. The Morgan fingerprint density at radius 1 is 1.12 bits per heavy atom. The van der Waals surface area contributed by atoms with Gasteiger partial charge in [-0.25, -0.2) is 13.6 Å². The summed E-state index contributed by atoms with van der Waals surface area (Å²) in [5, 5.41) is 9.03. The molecule has 0 saturated heterocycles. The molecule has 3 rings (SSSR count). The van der Waals surface area contributed by atoms with Crippen molar-refractivity contribution in [3.05, 3.63) is 59.0 Å². The SMILES string of the molecule is CCCc1c(C(=O)Nc2ccc(S(N)(=O)=O)cc2)sc2ccccc12. The van der Waals surface area contributed by atoms with Gasteiger partial charge in [0.05, 0.1) is 9.77 Å². The van der Waals surface area contributed by atoms with Crippen LogP contribution in [0.2, 0.25) is 0 Å². The van der Waals surface area contributed by atoms with Crippen molar-refractivity contribution in [2.24, 2.45) is 5.14 Å². The second-order valence-corrected chi connectivity index (χ2v) is 8.29. The number of aryl methyl sites for hydroxylation is 1. The van der Waals surface area contributed by atoms with Crippen molar-refractivity contribution in [2.75, 3.05) is 5.32 Å². The molecule has 0 unspecified atom stereocenters. The summed E-state index contributed by atoms with van der Waals surface area (Å²) in [5.41, 5.74) is 1.58. The zero-order chi connectivity index (χ0) is 18.0. The number of anilines is 1. The van der Waals surface area contributed by atoms with E-state index in [4.69, 9.17) is 5.14 Å². The fourth-order valence-electron chi connectivity index (χ4n) is 2.70. The van der Waals surface area contributed by atoms with Crippen LogP contribution in [0.25, 0.3) is 10.1 Å². The third-order valence-electron chi connectivity index (χ3n) is 3.85. The van der Waals surface area contributed by atoms with Gasteiger partial charge in [-0.3, -0.25) is 4.79 Å². The van der Waals surface area contributed by atoms with E-state index in [-0.39, 0.29) is 10.8 Å². The lowest BCUT2D eigenvalue weighted by molar-refractivity contribution is 0.103. The maximum Gasteiger partial charge on any atom is 0.266 e. The number of fused-ring (bicyclic) bond motifs is 1. The first kappa shape index (κ1) is 17.6. The Bertz CT molecular complexity index is 1020. The smallest absolute Gasteiger partial charge is 0.266 e. The highest BCUT2D eigenvalue weighted by atomic mass is 32.2. The number of hydrogen-bond acceptors (Lipinski definition) is 4. The molecule has 25 heavy (non-hydrogen) atoms. The topological polar surface area (TPSA) is 89.3 Å². The van der Waals surface area contributed by atoms with E-state index >= 15 is 0 Å². The molecule has 1 heterocycles. The number of thiophene rings is 1. The molecule has 130 valence electrons. The van der Waals surface area contributed by atoms with E-state index < -0.39 is 10.0 Å². The summed E-state index contributed by atoms with van der Waals surface area (Å²) in [7, 11) is -3.74. The summed E-state index contributed by atoms with van der Waals surface area (Å²) in [6.07, 6.45) is 1.78. The van der Waals surface area contributed by atoms with Gasteiger partial charge in [-0.1, -0.05) is 31.5 Å². The number of carbonyl (C=O) groups is 1. The van der Waals surface area contributed by atoms with Crippen molar-refractivity contribution < 1.29 is 13.2 Å². The molecule has 3 N–H and O–H groups in total. The van der Waals surface area contributed by atoms with E-state index in [9.17, 15) is 13.2 Å². The number of carbonyl (C=O) groups excluding carboxylic acids is 1. The molecule has 0 aliphatic rings. The van der Waals surface area contributed by atoms with Crippen molar-refractivity contribution >= 4 is 43.0 Å². The Morgan fingerprint density at radius 3 is 2.44 bits per heavy atom. The summed E-state index contributed by atoms with van der Waals surface area (Å²) in [6, 6.07) is 13.8. The standard InChI is InChI=1S/C18H18N2O3S2/c1-2-5-15-14-6-3-4-7-16(14)24-17(15)18(21)20-12-8-10-13(11-9-12)25(19,22)23/h3-4,6-11H,2,5H2,1H3,(H,20,21)(H2,19,22,23). The number of hydrogen-bond donors (Lipinski definition) is 2. The number of primary sulfonamides is 1. The van der Waals surface area contributed by atoms with Crippen LogP contribution in [0.1, 0.15) is 28.6 Å². The highest BCUT2D eigenvalue weighted by molar-refractivity contribution is 7.89. The van der Waals surface area contributed by atoms with Gasteiger partial charge in [-0.2, -0.15) is 0 Å². The largest absolute Gasteiger partial charge is 0.321 e. The normalized spacial score (nSPS) is 11.6. The first-order valence-electron chi connectivity index (χ1n) is 7.84. The van der Waals surface area contributed by atoms with Crippen molar-refractivity contribution in [1.29, 1.82) is 0 Å². The van der Waals surface area contributed by atoms with Gasteiger partial charge in [-0.15, -0.1) is 11.3 Å². The molecule has 0 saturated carbocycles. The maximum absolute atomic E-state index is 12.7. The molecule has 0 fully saturated rings. The van der Waals surface area contributed by atoms with Crippen molar-refractivity contribution in [1.82, 2.24) is 0 Å². The van der Waals surface area contributed by atoms with Gasteiger partial charge >= 0.3 is 0 Å². The van der Waals surface area contributed by atoms with Gasteiger partial charge in [-0.05, 0) is 47.7 Å². The van der Waals surface area contributed by atoms with Crippen LogP contribution in [0, 0.1) is 0 Å². The number of nitrogens with two attached hydrogens (primary N) is 1. The van der Waals surface area contributed by atoms with E-state index in [1.807, 2.05) is 24.3 Å². The molecule has 0 aliphatic heterocycles. The Hall–Kier alpha value is -2.22. The van der Waals surface area contributed by atoms with Crippen LogP contribution >= 0.6 is 11.3 Å². The van der Waals surface area contributed by atoms with Crippen molar-refractivity contribution in [3.63, 3.8) is 0 Å². The van der Waals surface area contributed by atoms with Crippen LogP contribution in [-0.4, -0.2) is 14.3 Å². The van der Waals surface area contributed by atoms with E-state index in [1.165, 1.54) is 35.6 Å². The number of amides is 1. The molecule has 0 radical (unpaired) electrons. The Morgan fingerprint density at radius 2 is 1.80 bits per heavy atom. The summed E-state index contributed by atoms with van der Waals surface area (Å²) < 4.78 is 23.7. The lowest BCUT2D eigenvalue weighted by Gasteiger charge is -2.07. The number of rotatable bonds is 5. The van der Waals surface area contributed by atoms with Crippen molar-refractivity contribution in [2.45, 2.75) is 24.7 Å². The minimum Gasteiger partial charge on any atom is -0.321 e. The summed E-state index contributed by atoms with van der Waals surface area (Å²) in [6.45, 7) is 2.08. The fraction of sp³-hybridized carbons (Fsp3) is 0.167. The minimum absolute atomic E-state index is 0.0130. The molecule has 0 atom stereocenters. The van der Waals surface area contributed by atoms with E-state index in [2.05, 4.69) is 12.2 Å². The average molecular weight is 374 g/mol. The number of sulfonamides is 1. The first-order valence-corrected chi connectivity index (χ1v) is 10.2. The van der Waals surface area contributed by atoms with Crippen LogP contribution < -0.4 is 10.5 Å². The van der Waals surface area contributed by atoms with Crippen LogP contribution in [0.15, 0.2) is 53.4 Å². The Balaban J connectivity index is 1.91. The quantitative estimate of drug-likeness (QED) is 0.713. The molecule has 0 spiro atoms. The average Bonchev–Trinajstić information content (AvgIpc) is 2.94. The highest BCUT2D eigenvalue weighted by Gasteiger charge is 2.18. The van der Waals surface area contributed by atoms with Gasteiger partial charge < -0.3 is 5.32 Å². The van der Waals surface area contributed by atoms with Gasteiger partial charge in [0.2, 0.25) is 10.0 Å². The predicted octanol–water partition coefficient (Wildman–Crippen LogP) is 3.75. The second kappa shape index (κ2) is 6.95. The molecule has 2 aromatic carbocycles. The van der Waals surface area contributed by atoms with E-state index in [0.29, 0.717) is 10.6 Å². The summed E-state index contributed by atoms with van der Waals surface area (Å²) in [4.78, 5) is 13.4. The minimum atomic E-state index is -3.74. The number of nitrogens with one attached hydrogen (secondary N) is 1. The molecular formula is C18H18N2O3S2. The third kappa shape index (κ3) is 3.73.